The van der Waals surface area contributed by atoms with Crippen LogP contribution in [-0.2, 0) is 12.8 Å². The van der Waals surface area contributed by atoms with Crippen LogP contribution in [0.15, 0.2) is 49.1 Å². The largest absolute Gasteiger partial charge is 0.573 e. The lowest BCUT2D eigenvalue weighted by atomic mass is 10.0. The number of aryl methyl sites for hydroxylation is 1. The Morgan fingerprint density at radius 2 is 1.68 bits per heavy atom. The van der Waals surface area contributed by atoms with Gasteiger partial charge in [-0.1, -0.05) is 23.7 Å². The van der Waals surface area contributed by atoms with Crippen molar-refractivity contribution < 1.29 is 17.9 Å². The van der Waals surface area contributed by atoms with E-state index in [1.807, 2.05) is 0 Å². The van der Waals surface area contributed by atoms with Gasteiger partial charge in [-0.05, 0) is 30.5 Å². The van der Waals surface area contributed by atoms with Gasteiger partial charge in [-0.15, -0.1) is 18.0 Å². The number of rotatable bonds is 5. The van der Waals surface area contributed by atoms with E-state index in [9.17, 15) is 13.2 Å². The summed E-state index contributed by atoms with van der Waals surface area (Å²) in [7, 11) is 0. The predicted molar refractivity (Wildman–Crippen MR) is 84.7 cm³/mol. The molecule has 0 saturated carbocycles. The van der Waals surface area contributed by atoms with Gasteiger partial charge >= 0.3 is 6.36 Å². The molecule has 5 nitrogen and oxygen atoms in total. The third-order valence-electron chi connectivity index (χ3n) is 3.44. The SMILES string of the molecule is FC(F)(F)Oc1ccc(CCc2c(Cl)cncc2-n2nccn2)cc1. The molecule has 0 spiro atoms. The van der Waals surface area contributed by atoms with Crippen LogP contribution in [0.3, 0.4) is 0 Å². The minimum Gasteiger partial charge on any atom is -0.406 e. The van der Waals surface area contributed by atoms with Crippen molar-refractivity contribution >= 4 is 11.6 Å². The Morgan fingerprint density at radius 3 is 2.32 bits per heavy atom. The molecule has 2 heterocycles. The summed E-state index contributed by atoms with van der Waals surface area (Å²) in [5.41, 5.74) is 2.32. The Bertz CT molecular complexity index is 836. The standard InChI is InChI=1S/C16H12ClF3N4O/c17-14-9-21-10-15(24-22-7-8-23-24)13(14)6-3-11-1-4-12(5-2-11)25-16(18,19)20/h1-2,4-5,7-10H,3,6H2. The molecule has 0 unspecified atom stereocenters. The molecule has 0 aliphatic rings. The number of hydrogen-bond donors (Lipinski definition) is 0. The molecule has 1 aromatic carbocycles. The van der Waals surface area contributed by atoms with Crippen LogP contribution in [0.1, 0.15) is 11.1 Å². The number of benzene rings is 1. The molecule has 3 rings (SSSR count). The molecular formula is C16H12ClF3N4O. The number of nitrogens with zero attached hydrogens (tertiary/aromatic N) is 4. The van der Waals surface area contributed by atoms with Crippen molar-refractivity contribution in [3.8, 4) is 11.4 Å². The van der Waals surface area contributed by atoms with Crippen LogP contribution >= 0.6 is 11.6 Å². The summed E-state index contributed by atoms with van der Waals surface area (Å²) in [6.07, 6.45) is 2.67. The molecule has 25 heavy (non-hydrogen) atoms. The number of halogens is 4. The quantitative estimate of drug-likeness (QED) is 0.683. The summed E-state index contributed by atoms with van der Waals surface area (Å²) in [4.78, 5) is 5.47. The third-order valence-corrected chi connectivity index (χ3v) is 3.76. The molecule has 3 aromatic rings. The summed E-state index contributed by atoms with van der Waals surface area (Å²) in [6, 6.07) is 5.74. The third kappa shape index (κ3) is 4.48. The monoisotopic (exact) mass is 368 g/mol. The van der Waals surface area contributed by atoms with E-state index < -0.39 is 6.36 Å². The Kier molecular flexibility index (Phi) is 4.89. The van der Waals surface area contributed by atoms with Crippen LogP contribution in [0.25, 0.3) is 5.69 Å². The number of ether oxygens (including phenoxy) is 1. The van der Waals surface area contributed by atoms with E-state index >= 15 is 0 Å². The highest BCUT2D eigenvalue weighted by atomic mass is 35.5. The smallest absolute Gasteiger partial charge is 0.406 e. The van der Waals surface area contributed by atoms with Gasteiger partial charge in [0.15, 0.2) is 0 Å². The topological polar surface area (TPSA) is 52.8 Å². The highest BCUT2D eigenvalue weighted by molar-refractivity contribution is 6.31. The highest BCUT2D eigenvalue weighted by Crippen LogP contribution is 2.25. The van der Waals surface area contributed by atoms with E-state index in [0.717, 1.165) is 11.1 Å². The fraction of sp³-hybridized carbons (Fsp3) is 0.188. The number of hydrogen-bond acceptors (Lipinski definition) is 4. The predicted octanol–water partition coefficient (Wildman–Crippen LogP) is 4.00. The molecule has 0 fully saturated rings. The van der Waals surface area contributed by atoms with Crippen LogP contribution in [0, 0.1) is 0 Å². The molecular weight excluding hydrogens is 357 g/mol. The molecule has 2 aromatic heterocycles. The Labute approximate surface area is 146 Å². The molecule has 9 heteroatoms. The van der Waals surface area contributed by atoms with Crippen molar-refractivity contribution in [2.24, 2.45) is 0 Å². The molecule has 0 atom stereocenters. The van der Waals surface area contributed by atoms with Crippen molar-refractivity contribution in [2.75, 3.05) is 0 Å². The van der Waals surface area contributed by atoms with E-state index in [2.05, 4.69) is 19.9 Å². The summed E-state index contributed by atoms with van der Waals surface area (Å²) in [5, 5.41) is 8.62. The molecule has 0 aliphatic carbocycles. The van der Waals surface area contributed by atoms with Crippen LogP contribution in [-0.4, -0.2) is 26.3 Å². The number of pyridine rings is 1. The minimum atomic E-state index is -4.70. The second-order valence-electron chi connectivity index (χ2n) is 5.13. The highest BCUT2D eigenvalue weighted by Gasteiger charge is 2.30. The Morgan fingerprint density at radius 1 is 1.00 bits per heavy atom. The van der Waals surface area contributed by atoms with Crippen LogP contribution in [0.2, 0.25) is 5.02 Å². The van der Waals surface area contributed by atoms with E-state index in [0.29, 0.717) is 23.6 Å². The van der Waals surface area contributed by atoms with Crippen LogP contribution < -0.4 is 4.74 Å². The van der Waals surface area contributed by atoms with Crippen molar-refractivity contribution in [3.05, 3.63) is 65.2 Å². The lowest BCUT2D eigenvalue weighted by Crippen LogP contribution is -2.17. The zero-order chi connectivity index (χ0) is 17.9. The maximum absolute atomic E-state index is 12.2. The molecule has 0 radical (unpaired) electrons. The van der Waals surface area contributed by atoms with Crippen molar-refractivity contribution in [2.45, 2.75) is 19.2 Å². The van der Waals surface area contributed by atoms with E-state index in [4.69, 9.17) is 11.6 Å². The zero-order valence-corrected chi connectivity index (χ0v) is 13.5. The lowest BCUT2D eigenvalue weighted by Gasteiger charge is -2.11. The maximum atomic E-state index is 12.2. The molecule has 0 aliphatic heterocycles. The fourth-order valence-corrected chi connectivity index (χ4v) is 2.59. The van der Waals surface area contributed by atoms with Crippen LogP contribution in [0.4, 0.5) is 13.2 Å². The second-order valence-corrected chi connectivity index (χ2v) is 5.54. The maximum Gasteiger partial charge on any atom is 0.573 e. The van der Waals surface area contributed by atoms with Gasteiger partial charge in [0.2, 0.25) is 0 Å². The van der Waals surface area contributed by atoms with Crippen molar-refractivity contribution in [1.82, 2.24) is 20.0 Å². The first kappa shape index (κ1) is 17.2. The summed E-state index contributed by atoms with van der Waals surface area (Å²) in [5.74, 6) is -0.250. The van der Waals surface area contributed by atoms with Gasteiger partial charge in [-0.25, -0.2) is 0 Å². The van der Waals surface area contributed by atoms with Gasteiger partial charge in [0.25, 0.3) is 0 Å². The Balaban J connectivity index is 1.74. The van der Waals surface area contributed by atoms with Crippen molar-refractivity contribution in [1.29, 1.82) is 0 Å². The van der Waals surface area contributed by atoms with E-state index in [1.54, 1.807) is 30.7 Å². The summed E-state index contributed by atoms with van der Waals surface area (Å²) < 4.78 is 40.4. The first-order valence-corrected chi connectivity index (χ1v) is 7.64. The average Bonchev–Trinajstić information content (AvgIpc) is 3.08. The van der Waals surface area contributed by atoms with Gasteiger partial charge in [0, 0.05) is 11.8 Å². The minimum absolute atomic E-state index is 0.250. The lowest BCUT2D eigenvalue weighted by molar-refractivity contribution is -0.274. The van der Waals surface area contributed by atoms with E-state index in [-0.39, 0.29) is 5.75 Å². The van der Waals surface area contributed by atoms with Gasteiger partial charge in [-0.2, -0.15) is 10.2 Å². The van der Waals surface area contributed by atoms with Gasteiger partial charge in [0.1, 0.15) is 11.4 Å². The zero-order valence-electron chi connectivity index (χ0n) is 12.7. The van der Waals surface area contributed by atoms with Gasteiger partial charge < -0.3 is 4.74 Å². The van der Waals surface area contributed by atoms with Crippen molar-refractivity contribution in [3.63, 3.8) is 0 Å². The average molecular weight is 369 g/mol. The van der Waals surface area contributed by atoms with E-state index in [1.165, 1.54) is 23.1 Å². The molecule has 0 N–H and O–H groups in total. The molecule has 0 saturated heterocycles. The number of aromatic nitrogens is 4. The second kappa shape index (κ2) is 7.10. The van der Waals surface area contributed by atoms with Gasteiger partial charge in [0.05, 0.1) is 23.6 Å². The fourth-order valence-electron chi connectivity index (χ4n) is 2.34. The summed E-state index contributed by atoms with van der Waals surface area (Å²) >= 11 is 6.23. The normalized spacial score (nSPS) is 11.5. The first-order chi connectivity index (χ1) is 11.9. The van der Waals surface area contributed by atoms with Gasteiger partial charge in [-0.3, -0.25) is 4.98 Å². The molecule has 130 valence electrons. The number of alkyl halides is 3. The molecule has 0 bridgehead atoms. The summed E-state index contributed by atoms with van der Waals surface area (Å²) in [6.45, 7) is 0. The molecule has 0 amide bonds. The van der Waals surface area contributed by atoms with Crippen LogP contribution in [0.5, 0.6) is 5.75 Å². The Hall–Kier alpha value is -2.61. The first-order valence-electron chi connectivity index (χ1n) is 7.26.